The van der Waals surface area contributed by atoms with Gasteiger partial charge in [0.2, 0.25) is 0 Å². The van der Waals surface area contributed by atoms with E-state index in [-0.39, 0.29) is 5.91 Å². The fourth-order valence-electron chi connectivity index (χ4n) is 2.56. The summed E-state index contributed by atoms with van der Waals surface area (Å²) in [7, 11) is 1.68. The molecule has 0 N–H and O–H groups in total. The molecule has 146 valence electrons. The Morgan fingerprint density at radius 1 is 1.18 bits per heavy atom. The quantitative estimate of drug-likeness (QED) is 0.335. The van der Waals surface area contributed by atoms with Gasteiger partial charge in [-0.3, -0.25) is 9.69 Å². The molecule has 0 aliphatic carbocycles. The Labute approximate surface area is 179 Å². The van der Waals surface area contributed by atoms with Gasteiger partial charge < -0.3 is 9.47 Å². The number of rotatable bonds is 7. The second-order valence-corrected chi connectivity index (χ2v) is 8.32. The lowest BCUT2D eigenvalue weighted by molar-refractivity contribution is -0.121. The van der Waals surface area contributed by atoms with Gasteiger partial charge >= 0.3 is 0 Å². The van der Waals surface area contributed by atoms with Crippen LogP contribution in [0.5, 0.6) is 11.5 Å². The highest BCUT2D eigenvalue weighted by atomic mass is 35.5. The summed E-state index contributed by atoms with van der Waals surface area (Å²) in [5.41, 5.74) is 1.84. The number of likely N-dealkylation sites (N-methyl/N-ethyl adjacent to an activating group) is 1. The maximum absolute atomic E-state index is 12.2. The molecule has 0 spiro atoms. The molecule has 2 aromatic rings. The molecule has 0 radical (unpaired) electrons. The lowest BCUT2D eigenvalue weighted by Gasteiger charge is -2.11. The molecule has 7 heteroatoms. The number of carbonyl (C=O) groups is 1. The highest BCUT2D eigenvalue weighted by Gasteiger charge is 2.28. The highest BCUT2D eigenvalue weighted by molar-refractivity contribution is 8.26. The van der Waals surface area contributed by atoms with Crippen molar-refractivity contribution in [3.8, 4) is 11.5 Å². The third-order valence-corrected chi connectivity index (χ3v) is 6.05. The SMILES string of the molecule is Cc1cc(OCCCOc2ccccc2/C=C2\SC(=S)N(C)C2=O)ccc1Cl. The zero-order chi connectivity index (χ0) is 20.1. The number of ether oxygens (including phenoxy) is 2. The monoisotopic (exact) mass is 433 g/mol. The van der Waals surface area contributed by atoms with Crippen molar-refractivity contribution in [2.45, 2.75) is 13.3 Å². The maximum atomic E-state index is 12.2. The van der Waals surface area contributed by atoms with E-state index in [0.29, 0.717) is 22.4 Å². The molecule has 1 aliphatic heterocycles. The highest BCUT2D eigenvalue weighted by Crippen LogP contribution is 2.33. The smallest absolute Gasteiger partial charge is 0.265 e. The van der Waals surface area contributed by atoms with Crippen molar-refractivity contribution in [3.63, 3.8) is 0 Å². The first-order chi connectivity index (χ1) is 13.5. The first-order valence-corrected chi connectivity index (χ1v) is 10.4. The van der Waals surface area contributed by atoms with Crippen LogP contribution in [0.2, 0.25) is 5.02 Å². The van der Waals surface area contributed by atoms with Crippen LogP contribution in [0, 0.1) is 6.92 Å². The summed E-state index contributed by atoms with van der Waals surface area (Å²) >= 11 is 12.5. The van der Waals surface area contributed by atoms with E-state index in [1.807, 2.05) is 55.5 Å². The van der Waals surface area contributed by atoms with Crippen LogP contribution in [0.15, 0.2) is 47.4 Å². The van der Waals surface area contributed by atoms with Crippen molar-refractivity contribution in [2.24, 2.45) is 0 Å². The minimum absolute atomic E-state index is 0.0866. The number of halogens is 1. The van der Waals surface area contributed by atoms with Crippen molar-refractivity contribution >= 4 is 51.9 Å². The fourth-order valence-corrected chi connectivity index (χ4v) is 3.84. The van der Waals surface area contributed by atoms with Crippen molar-refractivity contribution in [1.29, 1.82) is 0 Å². The molecule has 0 aromatic heterocycles. The van der Waals surface area contributed by atoms with Gasteiger partial charge in [-0.2, -0.15) is 0 Å². The first kappa shape index (κ1) is 20.7. The maximum Gasteiger partial charge on any atom is 0.265 e. The molecular weight excluding hydrogens is 414 g/mol. The van der Waals surface area contributed by atoms with E-state index in [1.165, 1.54) is 16.7 Å². The van der Waals surface area contributed by atoms with Crippen LogP contribution >= 0.6 is 35.6 Å². The number of benzene rings is 2. The van der Waals surface area contributed by atoms with E-state index in [0.717, 1.165) is 34.1 Å². The van der Waals surface area contributed by atoms with Crippen LogP contribution in [0.4, 0.5) is 0 Å². The first-order valence-electron chi connectivity index (χ1n) is 8.78. The number of thioether (sulfide) groups is 1. The predicted molar refractivity (Wildman–Crippen MR) is 119 cm³/mol. The second kappa shape index (κ2) is 9.45. The van der Waals surface area contributed by atoms with Gasteiger partial charge in [-0.05, 0) is 42.8 Å². The molecule has 1 heterocycles. The van der Waals surface area contributed by atoms with Crippen LogP contribution in [0.25, 0.3) is 6.08 Å². The summed E-state index contributed by atoms with van der Waals surface area (Å²) in [5.74, 6) is 1.44. The Morgan fingerprint density at radius 3 is 2.64 bits per heavy atom. The van der Waals surface area contributed by atoms with Gasteiger partial charge in [0.25, 0.3) is 5.91 Å². The van der Waals surface area contributed by atoms with Crippen LogP contribution in [0.3, 0.4) is 0 Å². The van der Waals surface area contributed by atoms with E-state index in [1.54, 1.807) is 7.05 Å². The molecule has 3 rings (SSSR count). The lowest BCUT2D eigenvalue weighted by atomic mass is 10.2. The fraction of sp³-hybridized carbons (Fsp3) is 0.238. The van der Waals surface area contributed by atoms with Crippen LogP contribution in [-0.4, -0.2) is 35.4 Å². The normalized spacial score (nSPS) is 15.4. The van der Waals surface area contributed by atoms with Gasteiger partial charge in [-0.15, -0.1) is 0 Å². The summed E-state index contributed by atoms with van der Waals surface area (Å²) in [6.45, 7) is 2.99. The summed E-state index contributed by atoms with van der Waals surface area (Å²) in [6.07, 6.45) is 2.55. The minimum Gasteiger partial charge on any atom is -0.493 e. The van der Waals surface area contributed by atoms with E-state index in [2.05, 4.69) is 0 Å². The van der Waals surface area contributed by atoms with E-state index >= 15 is 0 Å². The molecular formula is C21H20ClNO3S2. The third-order valence-electron chi connectivity index (χ3n) is 4.14. The van der Waals surface area contributed by atoms with Gasteiger partial charge in [-0.1, -0.05) is 53.8 Å². The number of hydrogen-bond acceptors (Lipinski definition) is 5. The number of aryl methyl sites for hydroxylation is 1. The summed E-state index contributed by atoms with van der Waals surface area (Å²) in [4.78, 5) is 14.3. The van der Waals surface area contributed by atoms with E-state index in [4.69, 9.17) is 33.3 Å². The molecule has 1 saturated heterocycles. The van der Waals surface area contributed by atoms with Crippen molar-refractivity contribution in [3.05, 3.63) is 63.5 Å². The van der Waals surface area contributed by atoms with Gasteiger partial charge in [0.05, 0.1) is 18.1 Å². The Hall–Kier alpha value is -2.02. The molecule has 4 nitrogen and oxygen atoms in total. The molecule has 0 bridgehead atoms. The average molecular weight is 434 g/mol. The molecule has 1 amide bonds. The van der Waals surface area contributed by atoms with Crippen molar-refractivity contribution in [1.82, 2.24) is 4.90 Å². The molecule has 0 atom stereocenters. The number of carbonyl (C=O) groups excluding carboxylic acids is 1. The Bertz CT molecular complexity index is 930. The van der Waals surface area contributed by atoms with E-state index in [9.17, 15) is 4.79 Å². The largest absolute Gasteiger partial charge is 0.493 e. The number of amides is 1. The minimum atomic E-state index is -0.0866. The molecule has 2 aromatic carbocycles. The molecule has 1 aliphatic rings. The van der Waals surface area contributed by atoms with Gasteiger partial charge in [0.15, 0.2) is 0 Å². The van der Waals surface area contributed by atoms with Crippen molar-refractivity contribution in [2.75, 3.05) is 20.3 Å². The second-order valence-electron chi connectivity index (χ2n) is 6.24. The van der Waals surface area contributed by atoms with Crippen molar-refractivity contribution < 1.29 is 14.3 Å². The van der Waals surface area contributed by atoms with Gasteiger partial charge in [-0.25, -0.2) is 0 Å². The standard InChI is InChI=1S/C21H20ClNO3S2/c1-14-12-16(8-9-17(14)22)25-10-5-11-26-18-7-4-3-6-15(18)13-19-20(24)23(2)21(27)28-19/h3-4,6-9,12-13H,5,10-11H2,1-2H3/b19-13-. The molecule has 28 heavy (non-hydrogen) atoms. The third kappa shape index (κ3) is 5.07. The Morgan fingerprint density at radius 2 is 1.93 bits per heavy atom. The van der Waals surface area contributed by atoms with Gasteiger partial charge in [0.1, 0.15) is 15.8 Å². The zero-order valence-corrected chi connectivity index (χ0v) is 18.0. The van der Waals surface area contributed by atoms with Crippen LogP contribution in [-0.2, 0) is 4.79 Å². The summed E-state index contributed by atoms with van der Waals surface area (Å²) in [6, 6.07) is 13.2. The summed E-state index contributed by atoms with van der Waals surface area (Å²) in [5, 5.41) is 0.729. The van der Waals surface area contributed by atoms with E-state index < -0.39 is 0 Å². The number of thiocarbonyl (C=S) groups is 1. The number of nitrogens with zero attached hydrogens (tertiary/aromatic N) is 1. The Kier molecular flexibility index (Phi) is 6.99. The van der Waals surface area contributed by atoms with Crippen LogP contribution in [0.1, 0.15) is 17.5 Å². The number of para-hydroxylation sites is 1. The topological polar surface area (TPSA) is 38.8 Å². The molecule has 1 fully saturated rings. The Balaban J connectivity index is 1.55. The van der Waals surface area contributed by atoms with Crippen LogP contribution < -0.4 is 9.47 Å². The lowest BCUT2D eigenvalue weighted by Crippen LogP contribution is -2.22. The zero-order valence-electron chi connectivity index (χ0n) is 15.6. The average Bonchev–Trinajstić information content (AvgIpc) is 2.92. The molecule has 0 unspecified atom stereocenters. The predicted octanol–water partition coefficient (Wildman–Crippen LogP) is 5.33. The molecule has 0 saturated carbocycles. The van der Waals surface area contributed by atoms with Gasteiger partial charge in [0, 0.05) is 24.1 Å². The summed E-state index contributed by atoms with van der Waals surface area (Å²) < 4.78 is 12.2. The number of hydrogen-bond donors (Lipinski definition) is 0.